The van der Waals surface area contributed by atoms with Crippen molar-refractivity contribution in [3.8, 4) is 0 Å². The van der Waals surface area contributed by atoms with Crippen LogP contribution in [0, 0.1) is 13.8 Å². The van der Waals surface area contributed by atoms with E-state index in [0.717, 1.165) is 37.8 Å². The molecule has 1 aromatic rings. The Morgan fingerprint density at radius 1 is 1.29 bits per heavy atom. The van der Waals surface area contributed by atoms with E-state index in [1.165, 1.54) is 11.3 Å². The number of likely N-dealkylation sites (N-methyl/N-ethyl adjacent to an activating group) is 1. The minimum atomic E-state index is 0.657. The lowest BCUT2D eigenvalue weighted by Crippen LogP contribution is -2.40. The number of guanidine groups is 1. The summed E-state index contributed by atoms with van der Waals surface area (Å²) in [6, 6.07) is 0. The van der Waals surface area contributed by atoms with Crippen molar-refractivity contribution in [1.29, 1.82) is 0 Å². The zero-order valence-electron chi connectivity index (χ0n) is 14.3. The maximum absolute atomic E-state index is 4.66. The molecule has 0 spiro atoms. The van der Waals surface area contributed by atoms with Gasteiger partial charge in [0.25, 0.3) is 0 Å². The number of hydrogen-bond donors (Lipinski definition) is 2. The van der Waals surface area contributed by atoms with Crippen LogP contribution < -0.4 is 10.6 Å². The van der Waals surface area contributed by atoms with Gasteiger partial charge in [-0.3, -0.25) is 4.68 Å². The van der Waals surface area contributed by atoms with Gasteiger partial charge < -0.3 is 15.5 Å². The first-order chi connectivity index (χ1) is 9.99. The van der Waals surface area contributed by atoms with Gasteiger partial charge in [0.05, 0.1) is 12.2 Å². The highest BCUT2D eigenvalue weighted by Crippen LogP contribution is 2.12. The molecule has 6 heteroatoms. The number of aromatic nitrogens is 2. The number of rotatable bonds is 7. The van der Waals surface area contributed by atoms with Gasteiger partial charge in [0.15, 0.2) is 5.96 Å². The molecule has 0 atom stereocenters. The first-order valence-corrected chi connectivity index (χ1v) is 7.69. The van der Waals surface area contributed by atoms with Gasteiger partial charge in [0.1, 0.15) is 0 Å². The van der Waals surface area contributed by atoms with Crippen LogP contribution >= 0.6 is 0 Å². The number of hydrogen-bond acceptors (Lipinski definition) is 3. The van der Waals surface area contributed by atoms with Crippen molar-refractivity contribution in [3.63, 3.8) is 0 Å². The molecule has 0 saturated heterocycles. The minimum absolute atomic E-state index is 0.657. The fraction of sp³-hybridized carbons (Fsp3) is 0.733. The monoisotopic (exact) mass is 294 g/mol. The predicted molar refractivity (Wildman–Crippen MR) is 88.7 cm³/mol. The summed E-state index contributed by atoms with van der Waals surface area (Å²) in [7, 11) is 4.09. The summed E-state index contributed by atoms with van der Waals surface area (Å²) in [4.78, 5) is 6.93. The van der Waals surface area contributed by atoms with E-state index >= 15 is 0 Å². The molecule has 21 heavy (non-hydrogen) atoms. The van der Waals surface area contributed by atoms with Crippen LogP contribution in [0.15, 0.2) is 4.99 Å². The van der Waals surface area contributed by atoms with Crippen LogP contribution in [-0.2, 0) is 13.6 Å². The van der Waals surface area contributed by atoms with E-state index < -0.39 is 0 Å². The largest absolute Gasteiger partial charge is 0.357 e. The van der Waals surface area contributed by atoms with Crippen LogP contribution in [0.2, 0.25) is 0 Å². The number of aliphatic imine (C=N–C) groups is 1. The van der Waals surface area contributed by atoms with E-state index in [0.29, 0.717) is 6.54 Å². The quantitative estimate of drug-likeness (QED) is 0.583. The third-order valence-electron chi connectivity index (χ3n) is 3.72. The molecule has 6 nitrogen and oxygen atoms in total. The van der Waals surface area contributed by atoms with E-state index in [4.69, 9.17) is 0 Å². The Labute approximate surface area is 128 Å². The van der Waals surface area contributed by atoms with Crippen molar-refractivity contribution in [2.24, 2.45) is 12.0 Å². The van der Waals surface area contributed by atoms with Crippen molar-refractivity contribution in [2.45, 2.75) is 34.2 Å². The number of aryl methyl sites for hydroxylation is 2. The zero-order valence-corrected chi connectivity index (χ0v) is 14.3. The molecule has 0 amide bonds. The molecular formula is C15H30N6. The Hall–Kier alpha value is -1.56. The van der Waals surface area contributed by atoms with Gasteiger partial charge in [0, 0.05) is 37.9 Å². The van der Waals surface area contributed by atoms with Gasteiger partial charge in [-0.2, -0.15) is 5.10 Å². The van der Waals surface area contributed by atoms with E-state index in [1.807, 2.05) is 18.7 Å². The Bertz CT molecular complexity index is 463. The summed E-state index contributed by atoms with van der Waals surface area (Å²) in [6.07, 6.45) is 0. The first-order valence-electron chi connectivity index (χ1n) is 7.69. The molecule has 1 rings (SSSR count). The Balaban J connectivity index is 2.62. The molecule has 0 saturated carbocycles. The molecule has 0 aliphatic carbocycles. The lowest BCUT2D eigenvalue weighted by atomic mass is 10.2. The zero-order chi connectivity index (χ0) is 15.8. The smallest absolute Gasteiger partial charge is 0.191 e. The normalized spacial score (nSPS) is 12.0. The van der Waals surface area contributed by atoms with Gasteiger partial charge in [-0.15, -0.1) is 0 Å². The summed E-state index contributed by atoms with van der Waals surface area (Å²) < 4.78 is 1.91. The molecule has 0 aromatic carbocycles. The Kier molecular flexibility index (Phi) is 7.22. The van der Waals surface area contributed by atoms with E-state index in [9.17, 15) is 0 Å². The highest BCUT2D eigenvalue weighted by Gasteiger charge is 2.08. The van der Waals surface area contributed by atoms with Crippen LogP contribution in [0.1, 0.15) is 30.8 Å². The number of nitrogens with zero attached hydrogens (tertiary/aromatic N) is 4. The summed E-state index contributed by atoms with van der Waals surface area (Å²) in [5, 5.41) is 11.1. The SMILES string of the molecule is CCNC(=NCc1c(C)nn(C)c1C)NCCN(C)CC. The lowest BCUT2D eigenvalue weighted by Gasteiger charge is -2.16. The second-order valence-electron chi connectivity index (χ2n) is 5.29. The topological polar surface area (TPSA) is 57.5 Å². The van der Waals surface area contributed by atoms with Crippen LogP contribution in [0.25, 0.3) is 0 Å². The van der Waals surface area contributed by atoms with Crippen molar-refractivity contribution in [1.82, 2.24) is 25.3 Å². The minimum Gasteiger partial charge on any atom is -0.357 e. The van der Waals surface area contributed by atoms with Crippen molar-refractivity contribution >= 4 is 5.96 Å². The summed E-state index contributed by atoms with van der Waals surface area (Å²) >= 11 is 0. The Morgan fingerprint density at radius 3 is 2.52 bits per heavy atom. The molecule has 1 aromatic heterocycles. The van der Waals surface area contributed by atoms with Crippen molar-refractivity contribution in [3.05, 3.63) is 17.0 Å². The average molecular weight is 294 g/mol. The van der Waals surface area contributed by atoms with E-state index in [1.54, 1.807) is 0 Å². The van der Waals surface area contributed by atoms with Gasteiger partial charge in [-0.05, 0) is 34.4 Å². The highest BCUT2D eigenvalue weighted by molar-refractivity contribution is 5.79. The average Bonchev–Trinajstić information content (AvgIpc) is 2.69. The molecule has 0 fully saturated rings. The first kappa shape index (κ1) is 17.5. The third kappa shape index (κ3) is 5.38. The highest BCUT2D eigenvalue weighted by atomic mass is 15.3. The molecule has 0 aliphatic rings. The van der Waals surface area contributed by atoms with Gasteiger partial charge in [0.2, 0.25) is 0 Å². The van der Waals surface area contributed by atoms with Crippen LogP contribution in [-0.4, -0.2) is 53.9 Å². The number of nitrogens with one attached hydrogen (secondary N) is 2. The van der Waals surface area contributed by atoms with Crippen molar-refractivity contribution in [2.75, 3.05) is 33.2 Å². The molecule has 2 N–H and O–H groups in total. The Morgan fingerprint density at radius 2 is 2.00 bits per heavy atom. The van der Waals surface area contributed by atoms with E-state index in [2.05, 4.69) is 53.4 Å². The summed E-state index contributed by atoms with van der Waals surface area (Å²) in [5.74, 6) is 0.865. The second kappa shape index (κ2) is 8.67. The third-order valence-corrected chi connectivity index (χ3v) is 3.72. The van der Waals surface area contributed by atoms with Crippen molar-refractivity contribution < 1.29 is 0 Å². The standard InChI is InChI=1S/C15H30N6/c1-7-16-15(17-9-10-20(5)8-2)18-11-14-12(3)19-21(6)13(14)4/h7-11H2,1-6H3,(H2,16,17,18). The fourth-order valence-corrected chi connectivity index (χ4v) is 2.07. The van der Waals surface area contributed by atoms with Crippen LogP contribution in [0.5, 0.6) is 0 Å². The maximum Gasteiger partial charge on any atom is 0.191 e. The molecule has 1 heterocycles. The lowest BCUT2D eigenvalue weighted by molar-refractivity contribution is 0.357. The summed E-state index contributed by atoms with van der Waals surface area (Å²) in [6.45, 7) is 12.8. The predicted octanol–water partition coefficient (Wildman–Crippen LogP) is 1.04. The maximum atomic E-state index is 4.66. The fourth-order valence-electron chi connectivity index (χ4n) is 2.07. The van der Waals surface area contributed by atoms with Gasteiger partial charge in [-0.1, -0.05) is 6.92 Å². The van der Waals surface area contributed by atoms with Crippen LogP contribution in [0.4, 0.5) is 0 Å². The molecule has 0 radical (unpaired) electrons. The van der Waals surface area contributed by atoms with Gasteiger partial charge >= 0.3 is 0 Å². The molecule has 120 valence electrons. The second-order valence-corrected chi connectivity index (χ2v) is 5.29. The molecule has 0 bridgehead atoms. The molecule has 0 unspecified atom stereocenters. The van der Waals surface area contributed by atoms with Crippen LogP contribution in [0.3, 0.4) is 0 Å². The molecular weight excluding hydrogens is 264 g/mol. The summed E-state index contributed by atoms with van der Waals surface area (Å²) in [5.41, 5.74) is 3.44. The molecule has 0 aliphatic heterocycles. The van der Waals surface area contributed by atoms with E-state index in [-0.39, 0.29) is 0 Å². The van der Waals surface area contributed by atoms with Gasteiger partial charge in [-0.25, -0.2) is 4.99 Å².